The van der Waals surface area contributed by atoms with Crippen molar-refractivity contribution < 1.29 is 9.59 Å². The van der Waals surface area contributed by atoms with Crippen molar-refractivity contribution in [3.8, 4) is 0 Å². The van der Waals surface area contributed by atoms with Crippen LogP contribution < -0.4 is 10.6 Å². The average molecular weight is 507 g/mol. The van der Waals surface area contributed by atoms with Crippen LogP contribution in [-0.4, -0.2) is 59.9 Å². The molecule has 0 bridgehead atoms. The van der Waals surface area contributed by atoms with Gasteiger partial charge in [0.25, 0.3) is 5.91 Å². The predicted molar refractivity (Wildman–Crippen MR) is 140 cm³/mol. The highest BCUT2D eigenvalue weighted by molar-refractivity contribution is 7.15. The predicted octanol–water partition coefficient (Wildman–Crippen LogP) is 3.51. The second kappa shape index (κ2) is 8.58. The Kier molecular flexibility index (Phi) is 5.47. The molecule has 4 aromatic rings. The summed E-state index contributed by atoms with van der Waals surface area (Å²) in [6.45, 7) is 4.58. The lowest BCUT2D eigenvalue weighted by atomic mass is 10.2. The summed E-state index contributed by atoms with van der Waals surface area (Å²) in [7, 11) is 3.59. The molecule has 2 aliphatic rings. The normalized spacial score (nSPS) is 15.6. The number of thiazole rings is 1. The topological polar surface area (TPSA) is 110 Å². The van der Waals surface area contributed by atoms with E-state index in [9.17, 15) is 9.59 Å². The molecular weight excluding hydrogens is 476 g/mol. The highest BCUT2D eigenvalue weighted by atomic mass is 32.1. The average Bonchev–Trinajstić information content (AvgIpc) is 3.77. The van der Waals surface area contributed by atoms with Crippen molar-refractivity contribution in [2.24, 2.45) is 7.05 Å². The third-order valence-electron chi connectivity index (χ3n) is 7.07. The Morgan fingerprint density at radius 3 is 2.56 bits per heavy atom. The van der Waals surface area contributed by atoms with Crippen LogP contribution in [0.3, 0.4) is 0 Å². The van der Waals surface area contributed by atoms with Crippen LogP contribution in [0.4, 0.5) is 10.9 Å². The largest absolute Gasteiger partial charge is 0.359 e. The minimum absolute atomic E-state index is 0.0515. The number of anilines is 2. The number of rotatable bonds is 8. The smallest absolute Gasteiger partial charge is 0.271 e. The number of aryl methyl sites for hydroxylation is 3. The maximum absolute atomic E-state index is 13.7. The lowest BCUT2D eigenvalue weighted by Gasteiger charge is -2.22. The molecule has 4 aromatic heterocycles. The number of nitrogens with zero attached hydrogens (tertiary/aromatic N) is 6. The number of hydrogen-bond donors (Lipinski definition) is 2. The summed E-state index contributed by atoms with van der Waals surface area (Å²) in [4.78, 5) is 42.9. The molecule has 0 unspecified atom stereocenters. The van der Waals surface area contributed by atoms with E-state index in [1.165, 1.54) is 11.3 Å². The lowest BCUT2D eigenvalue weighted by molar-refractivity contribution is -0.119. The monoisotopic (exact) mass is 506 g/mol. The molecule has 36 heavy (non-hydrogen) atoms. The zero-order valence-corrected chi connectivity index (χ0v) is 21.8. The van der Waals surface area contributed by atoms with Crippen molar-refractivity contribution in [1.82, 2.24) is 34.3 Å². The highest BCUT2D eigenvalue weighted by Gasteiger charge is 2.43. The third kappa shape index (κ3) is 3.82. The maximum atomic E-state index is 13.7. The Balaban J connectivity index is 1.44. The Bertz CT molecular complexity index is 1500. The number of pyridine rings is 1. The first-order valence-corrected chi connectivity index (χ1v) is 13.3. The molecule has 6 rings (SSSR count). The van der Waals surface area contributed by atoms with Gasteiger partial charge in [-0.05, 0) is 45.6 Å². The van der Waals surface area contributed by atoms with Gasteiger partial charge in [0.15, 0.2) is 10.9 Å². The van der Waals surface area contributed by atoms with E-state index in [1.54, 1.807) is 13.4 Å². The summed E-state index contributed by atoms with van der Waals surface area (Å²) < 4.78 is 4.00. The van der Waals surface area contributed by atoms with Crippen molar-refractivity contribution in [1.29, 1.82) is 0 Å². The minimum Gasteiger partial charge on any atom is -0.359 e. The Hall–Kier alpha value is -3.47. The van der Waals surface area contributed by atoms with Crippen molar-refractivity contribution >= 4 is 56.2 Å². The molecule has 188 valence electrons. The van der Waals surface area contributed by atoms with E-state index in [1.807, 2.05) is 36.1 Å². The van der Waals surface area contributed by atoms with Gasteiger partial charge in [-0.1, -0.05) is 0 Å². The van der Waals surface area contributed by atoms with Crippen LogP contribution in [0, 0.1) is 6.92 Å². The summed E-state index contributed by atoms with van der Waals surface area (Å²) in [6, 6.07) is 2.76. The van der Waals surface area contributed by atoms with Gasteiger partial charge in [-0.15, -0.1) is 11.3 Å². The van der Waals surface area contributed by atoms with Crippen LogP contribution >= 0.6 is 11.3 Å². The zero-order valence-electron chi connectivity index (χ0n) is 21.0. The van der Waals surface area contributed by atoms with Crippen LogP contribution in [0.25, 0.3) is 22.1 Å². The van der Waals surface area contributed by atoms with Crippen LogP contribution in [0.15, 0.2) is 12.4 Å². The molecule has 2 N–H and O–H groups in total. The molecule has 0 atom stereocenters. The molecule has 2 saturated carbocycles. The third-order valence-corrected chi connectivity index (χ3v) is 8.14. The highest BCUT2D eigenvalue weighted by Crippen LogP contribution is 2.40. The standard InChI is InChI=1S/C25H30N8O2S/c1-5-32-17(24(35)33(14-6-7-14)15-8-9-15)10-16-21-20(27-12-31(21)4)22(29-23(16)32)30-25-28-13(2)18(36-25)11-19(34)26-3/h10,12,14-15H,5-9,11H2,1-4H3,(H,26,34)(H,28,29,30). The molecular formula is C25H30N8O2S. The summed E-state index contributed by atoms with van der Waals surface area (Å²) in [5, 5.41) is 7.59. The number of imidazole rings is 1. The van der Waals surface area contributed by atoms with Gasteiger partial charge in [-0.2, -0.15) is 0 Å². The van der Waals surface area contributed by atoms with E-state index in [0.717, 1.165) is 58.3 Å². The fourth-order valence-corrected chi connectivity index (χ4v) is 5.91. The molecule has 2 fully saturated rings. The molecule has 0 aliphatic heterocycles. The van der Waals surface area contributed by atoms with Gasteiger partial charge in [-0.25, -0.2) is 15.0 Å². The number of carbonyl (C=O) groups excluding carboxylic acids is 2. The molecule has 4 heterocycles. The van der Waals surface area contributed by atoms with Crippen LogP contribution in [0.1, 0.15) is 53.7 Å². The van der Waals surface area contributed by atoms with Gasteiger partial charge >= 0.3 is 0 Å². The van der Waals surface area contributed by atoms with E-state index >= 15 is 0 Å². The van der Waals surface area contributed by atoms with Crippen molar-refractivity contribution in [3.05, 3.63) is 28.7 Å². The second-order valence-corrected chi connectivity index (χ2v) is 10.8. The van der Waals surface area contributed by atoms with Crippen LogP contribution in [0.2, 0.25) is 0 Å². The number of nitrogens with one attached hydrogen (secondary N) is 2. The molecule has 11 heteroatoms. The molecule has 10 nitrogen and oxygen atoms in total. The summed E-state index contributed by atoms with van der Waals surface area (Å²) in [5.74, 6) is 0.648. The SMILES string of the molecule is CCn1c(C(=O)N(C2CC2)C2CC2)cc2c3c(ncn3C)c(Nc3nc(C)c(CC(=O)NC)s3)nc21. The van der Waals surface area contributed by atoms with Crippen LogP contribution in [0.5, 0.6) is 0 Å². The number of likely N-dealkylation sites (N-methyl/N-ethyl adjacent to an activating group) is 1. The van der Waals surface area contributed by atoms with Gasteiger partial charge < -0.3 is 24.7 Å². The van der Waals surface area contributed by atoms with E-state index in [0.29, 0.717) is 35.3 Å². The minimum atomic E-state index is -0.0515. The van der Waals surface area contributed by atoms with E-state index < -0.39 is 0 Å². The zero-order chi connectivity index (χ0) is 25.1. The quantitative estimate of drug-likeness (QED) is 0.379. The van der Waals surface area contributed by atoms with E-state index in [4.69, 9.17) is 4.98 Å². The van der Waals surface area contributed by atoms with Crippen molar-refractivity contribution in [3.63, 3.8) is 0 Å². The van der Waals surface area contributed by atoms with Crippen molar-refractivity contribution in [2.75, 3.05) is 12.4 Å². The molecule has 0 aromatic carbocycles. The van der Waals surface area contributed by atoms with Gasteiger partial charge in [0.05, 0.1) is 24.0 Å². The summed E-state index contributed by atoms with van der Waals surface area (Å²) in [6.07, 6.45) is 6.45. The van der Waals surface area contributed by atoms with Gasteiger partial charge in [0, 0.05) is 43.0 Å². The first kappa shape index (κ1) is 23.0. The number of hydrogen-bond acceptors (Lipinski definition) is 7. The molecule has 2 amide bonds. The maximum Gasteiger partial charge on any atom is 0.271 e. The lowest BCUT2D eigenvalue weighted by Crippen LogP contribution is -2.36. The Labute approximate surface area is 212 Å². The Morgan fingerprint density at radius 2 is 1.92 bits per heavy atom. The second-order valence-electron chi connectivity index (χ2n) is 9.70. The van der Waals surface area contributed by atoms with Crippen molar-refractivity contribution in [2.45, 2.75) is 64.6 Å². The van der Waals surface area contributed by atoms with E-state index in [2.05, 4.69) is 25.5 Å². The number of carbonyl (C=O) groups is 2. The molecule has 2 aliphatic carbocycles. The fourth-order valence-electron chi connectivity index (χ4n) is 4.95. The van der Waals surface area contributed by atoms with Gasteiger partial charge in [-0.3, -0.25) is 9.59 Å². The summed E-state index contributed by atoms with van der Waals surface area (Å²) in [5.41, 5.74) is 3.90. The molecule has 0 spiro atoms. The first-order valence-electron chi connectivity index (χ1n) is 12.5. The number of amides is 2. The first-order chi connectivity index (χ1) is 17.4. The fraction of sp³-hybridized carbons (Fsp3) is 0.480. The summed E-state index contributed by atoms with van der Waals surface area (Å²) >= 11 is 1.44. The van der Waals surface area contributed by atoms with Crippen LogP contribution in [-0.2, 0) is 24.8 Å². The van der Waals surface area contributed by atoms with Gasteiger partial charge in [0.1, 0.15) is 16.9 Å². The Morgan fingerprint density at radius 1 is 1.19 bits per heavy atom. The molecule has 0 radical (unpaired) electrons. The molecule has 0 saturated heterocycles. The number of aromatic nitrogens is 5. The number of fused-ring (bicyclic) bond motifs is 3. The van der Waals surface area contributed by atoms with E-state index in [-0.39, 0.29) is 18.2 Å². The van der Waals surface area contributed by atoms with Gasteiger partial charge in [0.2, 0.25) is 5.91 Å².